The standard InChI is InChI=1S/C26H32N2O5S/c1-3-8-17(15-24(29)28-23(25(30)31)13-14-34-2)27-26(32)33-16-22-20-11-6-4-9-18(20)19-10-5-7-12-21(19)22/h4-7,9-12,17,22-23H,3,8,13-16H2,1-2H3,(H,27,32)(H,28,29)(H,30,31)/t17-,23-/m1/s1. The van der Waals surface area contributed by atoms with E-state index in [1.165, 1.54) is 11.8 Å². The summed E-state index contributed by atoms with van der Waals surface area (Å²) in [6.07, 6.45) is 3.00. The number of rotatable bonds is 12. The Kier molecular flexibility index (Phi) is 9.39. The first-order valence-corrected chi connectivity index (χ1v) is 13.0. The Hall–Kier alpha value is -3.00. The van der Waals surface area contributed by atoms with E-state index in [2.05, 4.69) is 34.9 Å². The van der Waals surface area contributed by atoms with Crippen molar-refractivity contribution in [3.8, 4) is 11.1 Å². The zero-order valence-electron chi connectivity index (χ0n) is 19.6. The van der Waals surface area contributed by atoms with Gasteiger partial charge in [0.25, 0.3) is 0 Å². The minimum Gasteiger partial charge on any atom is -0.480 e. The smallest absolute Gasteiger partial charge is 0.407 e. The Morgan fingerprint density at radius 2 is 1.62 bits per heavy atom. The van der Waals surface area contributed by atoms with E-state index in [0.29, 0.717) is 18.6 Å². The van der Waals surface area contributed by atoms with Crippen molar-refractivity contribution in [2.75, 3.05) is 18.6 Å². The molecule has 8 heteroatoms. The molecule has 0 heterocycles. The topological polar surface area (TPSA) is 105 Å². The number of carboxylic acids is 1. The Balaban J connectivity index is 1.57. The number of amides is 2. The number of nitrogens with one attached hydrogen (secondary N) is 2. The summed E-state index contributed by atoms with van der Waals surface area (Å²) in [5.41, 5.74) is 4.57. The monoisotopic (exact) mass is 484 g/mol. The lowest BCUT2D eigenvalue weighted by molar-refractivity contribution is -0.141. The van der Waals surface area contributed by atoms with Gasteiger partial charge in [0.2, 0.25) is 5.91 Å². The van der Waals surface area contributed by atoms with Crippen molar-refractivity contribution in [3.05, 3.63) is 59.7 Å². The van der Waals surface area contributed by atoms with Gasteiger partial charge in [-0.05, 0) is 47.1 Å². The summed E-state index contributed by atoms with van der Waals surface area (Å²) in [5.74, 6) is -0.864. The summed E-state index contributed by atoms with van der Waals surface area (Å²) in [6, 6.07) is 14.9. The van der Waals surface area contributed by atoms with Crippen LogP contribution in [0.2, 0.25) is 0 Å². The molecule has 0 fully saturated rings. The molecule has 182 valence electrons. The van der Waals surface area contributed by atoms with Gasteiger partial charge in [-0.15, -0.1) is 0 Å². The first-order chi connectivity index (χ1) is 16.4. The van der Waals surface area contributed by atoms with Crippen molar-refractivity contribution in [1.29, 1.82) is 0 Å². The number of benzene rings is 2. The van der Waals surface area contributed by atoms with Gasteiger partial charge in [0.1, 0.15) is 12.6 Å². The van der Waals surface area contributed by atoms with Crippen LogP contribution < -0.4 is 10.6 Å². The molecule has 0 radical (unpaired) electrons. The highest BCUT2D eigenvalue weighted by molar-refractivity contribution is 7.98. The van der Waals surface area contributed by atoms with E-state index in [4.69, 9.17) is 4.74 Å². The number of aliphatic carboxylic acids is 1. The zero-order chi connectivity index (χ0) is 24.5. The number of hydrogen-bond acceptors (Lipinski definition) is 5. The van der Waals surface area contributed by atoms with Gasteiger partial charge in [-0.3, -0.25) is 4.79 Å². The van der Waals surface area contributed by atoms with Gasteiger partial charge in [-0.1, -0.05) is 61.9 Å². The molecule has 3 rings (SSSR count). The molecule has 34 heavy (non-hydrogen) atoms. The van der Waals surface area contributed by atoms with Crippen LogP contribution in [-0.4, -0.2) is 53.8 Å². The van der Waals surface area contributed by atoms with Crippen LogP contribution in [0.25, 0.3) is 11.1 Å². The van der Waals surface area contributed by atoms with Crippen molar-refractivity contribution < 1.29 is 24.2 Å². The quantitative estimate of drug-likeness (QED) is 0.412. The van der Waals surface area contributed by atoms with Gasteiger partial charge >= 0.3 is 12.1 Å². The first kappa shape index (κ1) is 25.6. The predicted molar refractivity (Wildman–Crippen MR) is 134 cm³/mol. The van der Waals surface area contributed by atoms with Crippen LogP contribution in [0.4, 0.5) is 4.79 Å². The Morgan fingerprint density at radius 3 is 2.18 bits per heavy atom. The van der Waals surface area contributed by atoms with Crippen LogP contribution in [-0.2, 0) is 14.3 Å². The molecule has 2 aromatic carbocycles. The summed E-state index contributed by atoms with van der Waals surface area (Å²) in [4.78, 5) is 36.5. The lowest BCUT2D eigenvalue weighted by Gasteiger charge is -2.20. The van der Waals surface area contributed by atoms with Crippen molar-refractivity contribution >= 4 is 29.7 Å². The molecule has 7 nitrogen and oxygen atoms in total. The highest BCUT2D eigenvalue weighted by Gasteiger charge is 2.29. The van der Waals surface area contributed by atoms with E-state index in [1.807, 2.05) is 37.4 Å². The number of carbonyl (C=O) groups excluding carboxylic acids is 2. The number of fused-ring (bicyclic) bond motifs is 3. The fourth-order valence-electron chi connectivity index (χ4n) is 4.35. The molecule has 0 aromatic heterocycles. The third-order valence-electron chi connectivity index (χ3n) is 5.98. The molecule has 0 unspecified atom stereocenters. The molecule has 1 aliphatic rings. The number of carboxylic acid groups (broad SMARTS) is 1. The van der Waals surface area contributed by atoms with Crippen LogP contribution in [0.15, 0.2) is 48.5 Å². The molecule has 0 bridgehead atoms. The van der Waals surface area contributed by atoms with E-state index in [-0.39, 0.29) is 18.9 Å². The molecular weight excluding hydrogens is 452 g/mol. The molecular formula is C26H32N2O5S. The minimum atomic E-state index is -1.06. The van der Waals surface area contributed by atoms with Crippen LogP contribution in [0.5, 0.6) is 0 Å². The summed E-state index contributed by atoms with van der Waals surface area (Å²) in [6.45, 7) is 2.16. The largest absolute Gasteiger partial charge is 0.480 e. The van der Waals surface area contributed by atoms with Crippen molar-refractivity contribution in [2.45, 2.75) is 50.6 Å². The number of thioether (sulfide) groups is 1. The summed E-state index contributed by atoms with van der Waals surface area (Å²) in [7, 11) is 0. The normalized spacial score (nSPS) is 13.9. The minimum absolute atomic E-state index is 0.00107. The van der Waals surface area contributed by atoms with Crippen molar-refractivity contribution in [3.63, 3.8) is 0 Å². The second-order valence-electron chi connectivity index (χ2n) is 8.40. The maximum Gasteiger partial charge on any atom is 0.407 e. The number of carbonyl (C=O) groups is 3. The summed E-state index contributed by atoms with van der Waals surface area (Å²) < 4.78 is 5.59. The average molecular weight is 485 g/mol. The van der Waals surface area contributed by atoms with Crippen LogP contribution >= 0.6 is 11.8 Å². The number of alkyl carbamates (subject to hydrolysis) is 1. The van der Waals surface area contributed by atoms with E-state index in [9.17, 15) is 19.5 Å². The molecule has 0 saturated heterocycles. The zero-order valence-corrected chi connectivity index (χ0v) is 20.4. The molecule has 1 aliphatic carbocycles. The Morgan fingerprint density at radius 1 is 1.00 bits per heavy atom. The second-order valence-corrected chi connectivity index (χ2v) is 9.39. The SMILES string of the molecule is CCC[C@H](CC(=O)N[C@H](CCSC)C(=O)O)NC(=O)OCC1c2ccccc2-c2ccccc21. The molecule has 2 atom stereocenters. The van der Waals surface area contributed by atoms with Gasteiger partial charge in [-0.25, -0.2) is 9.59 Å². The van der Waals surface area contributed by atoms with E-state index >= 15 is 0 Å². The average Bonchev–Trinajstić information content (AvgIpc) is 3.14. The fraction of sp³-hybridized carbons (Fsp3) is 0.423. The fourth-order valence-corrected chi connectivity index (χ4v) is 4.82. The number of ether oxygens (including phenoxy) is 1. The van der Waals surface area contributed by atoms with Crippen molar-refractivity contribution in [1.82, 2.24) is 10.6 Å². The lowest BCUT2D eigenvalue weighted by atomic mass is 9.98. The maximum atomic E-state index is 12.6. The Labute approximate surface area is 204 Å². The molecule has 0 saturated carbocycles. The van der Waals surface area contributed by atoms with Gasteiger partial charge in [0.15, 0.2) is 0 Å². The van der Waals surface area contributed by atoms with Gasteiger partial charge in [-0.2, -0.15) is 11.8 Å². The van der Waals surface area contributed by atoms with Crippen LogP contribution in [0, 0.1) is 0 Å². The van der Waals surface area contributed by atoms with Crippen LogP contribution in [0.1, 0.15) is 49.7 Å². The highest BCUT2D eigenvalue weighted by atomic mass is 32.2. The molecule has 2 aromatic rings. The van der Waals surface area contributed by atoms with Crippen LogP contribution in [0.3, 0.4) is 0 Å². The van der Waals surface area contributed by atoms with Crippen molar-refractivity contribution in [2.24, 2.45) is 0 Å². The molecule has 3 N–H and O–H groups in total. The third-order valence-corrected chi connectivity index (χ3v) is 6.62. The molecule has 0 aliphatic heterocycles. The van der Waals surface area contributed by atoms with Gasteiger partial charge < -0.3 is 20.5 Å². The van der Waals surface area contributed by atoms with Gasteiger partial charge in [0.05, 0.1) is 0 Å². The second kappa shape index (κ2) is 12.5. The Bertz CT molecular complexity index is 967. The summed E-state index contributed by atoms with van der Waals surface area (Å²) in [5, 5.41) is 14.7. The maximum absolute atomic E-state index is 12.6. The summed E-state index contributed by atoms with van der Waals surface area (Å²) >= 11 is 1.52. The van der Waals surface area contributed by atoms with Gasteiger partial charge in [0, 0.05) is 18.4 Å². The third kappa shape index (κ3) is 6.53. The number of hydrogen-bond donors (Lipinski definition) is 3. The van der Waals surface area contributed by atoms with E-state index in [0.717, 1.165) is 28.7 Å². The molecule has 0 spiro atoms. The first-order valence-electron chi connectivity index (χ1n) is 11.6. The lowest BCUT2D eigenvalue weighted by Crippen LogP contribution is -2.45. The highest BCUT2D eigenvalue weighted by Crippen LogP contribution is 2.44. The predicted octanol–water partition coefficient (Wildman–Crippen LogP) is 4.41. The van der Waals surface area contributed by atoms with E-state index in [1.54, 1.807) is 0 Å². The molecule has 2 amide bonds. The van der Waals surface area contributed by atoms with E-state index < -0.39 is 30.1 Å².